The third-order valence-corrected chi connectivity index (χ3v) is 5.65. The minimum atomic E-state index is -4.66. The third kappa shape index (κ3) is 3.78. The lowest BCUT2D eigenvalue weighted by atomic mass is 9.86. The van der Waals surface area contributed by atoms with Crippen LogP contribution in [0.15, 0.2) is 29.0 Å². The lowest BCUT2D eigenvalue weighted by molar-refractivity contribution is -0.193. The average molecular weight is 410 g/mol. The Morgan fingerprint density at radius 1 is 1.34 bits per heavy atom. The number of nitrogens with two attached hydrogens (primary N) is 1. The van der Waals surface area contributed by atoms with E-state index in [0.717, 1.165) is 17.7 Å². The summed E-state index contributed by atoms with van der Waals surface area (Å²) in [5.41, 5.74) is 3.78. The van der Waals surface area contributed by atoms with Gasteiger partial charge >= 0.3 is 12.2 Å². The van der Waals surface area contributed by atoms with E-state index in [1.165, 1.54) is 12.4 Å². The number of aromatic nitrogens is 3. The minimum absolute atomic E-state index is 0.0253. The van der Waals surface area contributed by atoms with Gasteiger partial charge in [0.1, 0.15) is 0 Å². The molecule has 0 aromatic carbocycles. The highest BCUT2D eigenvalue weighted by atomic mass is 19.4. The molecule has 0 radical (unpaired) electrons. The Hall–Kier alpha value is -2.69. The summed E-state index contributed by atoms with van der Waals surface area (Å²) in [5, 5.41) is 6.34. The second-order valence-corrected chi connectivity index (χ2v) is 7.76. The molecule has 2 amide bonds. The first-order chi connectivity index (χ1) is 13.7. The fourth-order valence-corrected chi connectivity index (χ4v) is 3.48. The molecule has 2 aromatic heterocycles. The monoisotopic (exact) mass is 410 g/mol. The van der Waals surface area contributed by atoms with Crippen molar-refractivity contribution in [3.8, 4) is 11.4 Å². The predicted molar refractivity (Wildman–Crippen MR) is 95.6 cm³/mol. The molecule has 1 saturated heterocycles. The van der Waals surface area contributed by atoms with Crippen LogP contribution in [0.1, 0.15) is 31.6 Å². The Kier molecular flexibility index (Phi) is 4.72. The molecule has 1 saturated carbocycles. The summed E-state index contributed by atoms with van der Waals surface area (Å²) in [6.45, 7) is -0.314. The molecular formula is C18H21F3N6O2. The van der Waals surface area contributed by atoms with E-state index in [1.54, 1.807) is 12.1 Å². The van der Waals surface area contributed by atoms with Gasteiger partial charge in [-0.2, -0.15) is 18.2 Å². The van der Waals surface area contributed by atoms with Crippen LogP contribution < -0.4 is 11.1 Å². The second-order valence-electron chi connectivity index (χ2n) is 7.76. The first kappa shape index (κ1) is 19.6. The largest absolute Gasteiger partial charge is 0.405 e. The van der Waals surface area contributed by atoms with Crippen molar-refractivity contribution >= 4 is 6.03 Å². The molecule has 8 nitrogen and oxygen atoms in total. The summed E-state index contributed by atoms with van der Waals surface area (Å²) in [5.74, 6) is -0.518. The number of carbonyl (C=O) groups is 1. The molecule has 3 N–H and O–H groups in total. The summed E-state index contributed by atoms with van der Waals surface area (Å²) < 4.78 is 47.2. The molecule has 11 heteroatoms. The van der Waals surface area contributed by atoms with Crippen molar-refractivity contribution in [2.45, 2.75) is 42.8 Å². The first-order valence-corrected chi connectivity index (χ1v) is 9.36. The molecule has 1 atom stereocenters. The number of likely N-dealkylation sites (tertiary alicyclic amines) is 1. The van der Waals surface area contributed by atoms with E-state index in [4.69, 9.17) is 10.3 Å². The van der Waals surface area contributed by atoms with Crippen molar-refractivity contribution in [3.63, 3.8) is 0 Å². The van der Waals surface area contributed by atoms with Crippen LogP contribution in [0.25, 0.3) is 11.4 Å². The Labute approximate surface area is 164 Å². The van der Waals surface area contributed by atoms with Crippen molar-refractivity contribution in [3.05, 3.63) is 30.4 Å². The fraction of sp³-hybridized carbons (Fsp3) is 0.556. The van der Waals surface area contributed by atoms with Gasteiger partial charge in [0.15, 0.2) is 5.41 Å². The number of urea groups is 1. The summed E-state index contributed by atoms with van der Waals surface area (Å²) in [6, 6.07) is 2.70. The molecule has 29 heavy (non-hydrogen) atoms. The van der Waals surface area contributed by atoms with Crippen molar-refractivity contribution in [2.75, 3.05) is 19.6 Å². The molecule has 2 aromatic rings. The molecule has 4 rings (SSSR count). The quantitative estimate of drug-likeness (QED) is 0.782. The van der Waals surface area contributed by atoms with E-state index >= 15 is 0 Å². The lowest BCUT2D eigenvalue weighted by Crippen LogP contribution is -2.47. The maximum atomic E-state index is 14.1. The zero-order valence-corrected chi connectivity index (χ0v) is 15.6. The number of carbonyl (C=O) groups excluding carboxylic acids is 1. The summed E-state index contributed by atoms with van der Waals surface area (Å²) in [7, 11) is 0. The maximum absolute atomic E-state index is 14.1. The van der Waals surface area contributed by atoms with Crippen molar-refractivity contribution in [1.82, 2.24) is 25.3 Å². The van der Waals surface area contributed by atoms with Crippen LogP contribution in [-0.2, 0) is 5.41 Å². The first-order valence-electron chi connectivity index (χ1n) is 9.36. The fourth-order valence-electron chi connectivity index (χ4n) is 3.48. The van der Waals surface area contributed by atoms with Crippen LogP contribution in [0, 0.1) is 0 Å². The molecule has 1 aliphatic heterocycles. The molecule has 1 aliphatic carbocycles. The van der Waals surface area contributed by atoms with Gasteiger partial charge in [-0.1, -0.05) is 5.16 Å². The number of rotatable bonds is 5. The minimum Gasteiger partial charge on any atom is -0.338 e. The highest BCUT2D eigenvalue weighted by molar-refractivity contribution is 5.74. The number of hydrogen-bond donors (Lipinski definition) is 2. The number of halogens is 3. The SMILES string of the molecule is NC1(CCNC(=O)N2CCC(c3nc(-c4cccnc4)no3)(C(F)(F)F)C2)CC1. The molecule has 0 spiro atoms. The topological polar surface area (TPSA) is 110 Å². The molecule has 156 valence electrons. The summed E-state index contributed by atoms with van der Waals surface area (Å²) >= 11 is 0. The number of pyridine rings is 1. The van der Waals surface area contributed by atoms with Gasteiger partial charge in [0, 0.05) is 43.1 Å². The molecule has 3 heterocycles. The van der Waals surface area contributed by atoms with Crippen molar-refractivity contribution in [1.29, 1.82) is 0 Å². The van der Waals surface area contributed by atoms with Gasteiger partial charge in [-0.25, -0.2) is 4.79 Å². The number of hydrogen-bond acceptors (Lipinski definition) is 6. The van der Waals surface area contributed by atoms with Gasteiger partial charge in [-0.15, -0.1) is 0 Å². The number of nitrogens with one attached hydrogen (secondary N) is 1. The Balaban J connectivity index is 1.50. The molecule has 2 fully saturated rings. The van der Waals surface area contributed by atoms with Gasteiger partial charge in [-0.3, -0.25) is 4.98 Å². The van der Waals surface area contributed by atoms with Gasteiger partial charge in [0.25, 0.3) is 0 Å². The van der Waals surface area contributed by atoms with Gasteiger partial charge in [0.05, 0.1) is 0 Å². The van der Waals surface area contributed by atoms with E-state index in [2.05, 4.69) is 20.4 Å². The van der Waals surface area contributed by atoms with E-state index in [9.17, 15) is 18.0 Å². The highest BCUT2D eigenvalue weighted by Crippen LogP contribution is 2.47. The summed E-state index contributed by atoms with van der Waals surface area (Å²) in [4.78, 5) is 21.4. The van der Waals surface area contributed by atoms with Crippen molar-refractivity contribution < 1.29 is 22.5 Å². The van der Waals surface area contributed by atoms with E-state index < -0.39 is 30.1 Å². The Morgan fingerprint density at radius 3 is 2.79 bits per heavy atom. The number of alkyl halides is 3. The lowest BCUT2D eigenvalue weighted by Gasteiger charge is -2.28. The molecule has 1 unspecified atom stereocenters. The smallest absolute Gasteiger partial charge is 0.338 e. The van der Waals surface area contributed by atoms with Gasteiger partial charge in [0.2, 0.25) is 11.7 Å². The zero-order valence-electron chi connectivity index (χ0n) is 15.6. The third-order valence-electron chi connectivity index (χ3n) is 5.65. The van der Waals surface area contributed by atoms with E-state index in [0.29, 0.717) is 18.5 Å². The Morgan fingerprint density at radius 2 is 2.14 bits per heavy atom. The molecular weight excluding hydrogens is 389 g/mol. The molecule has 0 bridgehead atoms. The van der Waals surface area contributed by atoms with E-state index in [-0.39, 0.29) is 24.3 Å². The summed E-state index contributed by atoms with van der Waals surface area (Å²) in [6.07, 6.45) is 0.378. The van der Waals surface area contributed by atoms with E-state index in [1.807, 2.05) is 0 Å². The van der Waals surface area contributed by atoms with Gasteiger partial charge in [-0.05, 0) is 37.8 Å². The predicted octanol–water partition coefficient (Wildman–Crippen LogP) is 2.23. The van der Waals surface area contributed by atoms with Crippen LogP contribution in [0.3, 0.4) is 0 Å². The number of nitrogens with zero attached hydrogens (tertiary/aromatic N) is 4. The van der Waals surface area contributed by atoms with Crippen LogP contribution in [0.5, 0.6) is 0 Å². The molecule has 2 aliphatic rings. The zero-order chi connectivity index (χ0) is 20.7. The van der Waals surface area contributed by atoms with Gasteiger partial charge < -0.3 is 20.5 Å². The maximum Gasteiger partial charge on any atom is 0.405 e. The van der Waals surface area contributed by atoms with Crippen LogP contribution in [0.4, 0.5) is 18.0 Å². The second kappa shape index (κ2) is 6.97. The normalized spacial score (nSPS) is 23.2. The van der Waals surface area contributed by atoms with Crippen molar-refractivity contribution in [2.24, 2.45) is 5.73 Å². The van der Waals surface area contributed by atoms with Crippen LogP contribution in [-0.4, -0.2) is 57.4 Å². The standard InChI is InChI=1S/C18H21F3N6O2/c19-18(20,21)17(14-25-13(26-29-14)12-2-1-7-23-10-12)6-9-27(11-17)15(28)24-8-5-16(22)3-4-16/h1-2,7,10H,3-6,8-9,11,22H2,(H,24,28). The Bertz CT molecular complexity index is 883. The average Bonchev–Trinajstić information content (AvgIpc) is 3.11. The number of amides is 2. The van der Waals surface area contributed by atoms with Crippen LogP contribution >= 0.6 is 0 Å². The van der Waals surface area contributed by atoms with Crippen LogP contribution in [0.2, 0.25) is 0 Å². The highest BCUT2D eigenvalue weighted by Gasteiger charge is 2.63.